The van der Waals surface area contributed by atoms with Gasteiger partial charge in [0.15, 0.2) is 0 Å². The molecule has 1 N–H and O–H groups in total. The Labute approximate surface area is 73.5 Å². The number of nitroso groups, excluding NO2 is 1. The Morgan fingerprint density at radius 1 is 1.67 bits per heavy atom. The highest BCUT2D eigenvalue weighted by molar-refractivity contribution is 4.82. The van der Waals surface area contributed by atoms with Gasteiger partial charge in [0, 0.05) is 6.61 Å². The van der Waals surface area contributed by atoms with Crippen LogP contribution in [0.4, 0.5) is 0 Å². The molecular formula is C9H17NO2. The second-order valence-electron chi connectivity index (χ2n) is 2.91. The van der Waals surface area contributed by atoms with Crippen LogP contribution in [0.5, 0.6) is 0 Å². The fraction of sp³-hybridized carbons (Fsp3) is 0.778. The number of nitrogens with zero attached hydrogens (tertiary/aromatic N) is 1. The molecule has 12 heavy (non-hydrogen) atoms. The highest BCUT2D eigenvalue weighted by Gasteiger charge is 2.12. The van der Waals surface area contributed by atoms with Gasteiger partial charge in [0.05, 0.1) is 6.04 Å². The summed E-state index contributed by atoms with van der Waals surface area (Å²) in [6, 6.07) is -0.252. The molecule has 0 heterocycles. The topological polar surface area (TPSA) is 49.7 Å². The van der Waals surface area contributed by atoms with Gasteiger partial charge in [-0.25, -0.2) is 0 Å². The fourth-order valence-electron chi connectivity index (χ4n) is 1.14. The monoisotopic (exact) mass is 171 g/mol. The van der Waals surface area contributed by atoms with Crippen molar-refractivity contribution in [2.75, 3.05) is 6.61 Å². The van der Waals surface area contributed by atoms with Crippen LogP contribution in [0.15, 0.2) is 17.8 Å². The normalized spacial score (nSPS) is 15.2. The molecule has 0 aromatic rings. The van der Waals surface area contributed by atoms with E-state index in [-0.39, 0.29) is 12.6 Å². The van der Waals surface area contributed by atoms with Gasteiger partial charge in [-0.1, -0.05) is 18.2 Å². The zero-order chi connectivity index (χ0) is 9.40. The SMILES string of the molecule is C=CC(CC)CC(CCO)N=O. The molecule has 70 valence electrons. The third-order valence-electron chi connectivity index (χ3n) is 2.04. The lowest BCUT2D eigenvalue weighted by Crippen LogP contribution is -2.11. The molecule has 0 aromatic carbocycles. The summed E-state index contributed by atoms with van der Waals surface area (Å²) in [6.07, 6.45) is 3.99. The van der Waals surface area contributed by atoms with E-state index in [1.165, 1.54) is 0 Å². The Balaban J connectivity index is 3.81. The highest BCUT2D eigenvalue weighted by atomic mass is 16.3. The minimum absolute atomic E-state index is 0.0317. The lowest BCUT2D eigenvalue weighted by molar-refractivity contribution is 0.268. The largest absolute Gasteiger partial charge is 0.396 e. The lowest BCUT2D eigenvalue weighted by Gasteiger charge is -2.12. The number of rotatable bonds is 7. The molecule has 0 aliphatic heterocycles. The van der Waals surface area contributed by atoms with E-state index in [0.717, 1.165) is 6.42 Å². The molecule has 0 rings (SSSR count). The minimum atomic E-state index is -0.252. The Hall–Kier alpha value is -0.700. The molecule has 3 heteroatoms. The van der Waals surface area contributed by atoms with Gasteiger partial charge >= 0.3 is 0 Å². The van der Waals surface area contributed by atoms with E-state index in [9.17, 15) is 4.91 Å². The fourth-order valence-corrected chi connectivity index (χ4v) is 1.14. The van der Waals surface area contributed by atoms with E-state index in [2.05, 4.69) is 11.8 Å². The second-order valence-corrected chi connectivity index (χ2v) is 2.91. The van der Waals surface area contributed by atoms with Crippen LogP contribution in [0.3, 0.4) is 0 Å². The van der Waals surface area contributed by atoms with Gasteiger partial charge in [-0.15, -0.1) is 6.58 Å². The van der Waals surface area contributed by atoms with Crippen LogP contribution in [0.1, 0.15) is 26.2 Å². The van der Waals surface area contributed by atoms with Crippen LogP contribution in [-0.4, -0.2) is 17.8 Å². The summed E-state index contributed by atoms with van der Waals surface area (Å²) in [4.78, 5) is 10.3. The quantitative estimate of drug-likeness (QED) is 0.471. The van der Waals surface area contributed by atoms with Gasteiger partial charge in [-0.3, -0.25) is 0 Å². The minimum Gasteiger partial charge on any atom is -0.396 e. The third-order valence-corrected chi connectivity index (χ3v) is 2.04. The van der Waals surface area contributed by atoms with E-state index < -0.39 is 0 Å². The second kappa shape index (κ2) is 6.98. The molecule has 0 spiro atoms. The van der Waals surface area contributed by atoms with Gasteiger partial charge < -0.3 is 5.11 Å². The molecule has 0 saturated heterocycles. The van der Waals surface area contributed by atoms with Crippen LogP contribution < -0.4 is 0 Å². The Kier molecular flexibility index (Phi) is 6.57. The Morgan fingerprint density at radius 3 is 2.67 bits per heavy atom. The third kappa shape index (κ3) is 4.23. The van der Waals surface area contributed by atoms with Crippen molar-refractivity contribution in [3.8, 4) is 0 Å². The van der Waals surface area contributed by atoms with Crippen molar-refractivity contribution in [1.82, 2.24) is 0 Å². The molecule has 0 saturated carbocycles. The maximum absolute atomic E-state index is 10.3. The predicted molar refractivity (Wildman–Crippen MR) is 49.9 cm³/mol. The summed E-state index contributed by atoms with van der Waals surface area (Å²) in [5.41, 5.74) is 0. The van der Waals surface area contributed by atoms with E-state index in [4.69, 9.17) is 5.11 Å². The summed E-state index contributed by atoms with van der Waals surface area (Å²) in [6.45, 7) is 5.75. The lowest BCUT2D eigenvalue weighted by atomic mass is 9.96. The maximum atomic E-state index is 10.3. The van der Waals surface area contributed by atoms with E-state index in [0.29, 0.717) is 18.8 Å². The first-order valence-corrected chi connectivity index (χ1v) is 4.34. The van der Waals surface area contributed by atoms with Crippen molar-refractivity contribution in [2.24, 2.45) is 11.1 Å². The van der Waals surface area contributed by atoms with E-state index in [1.54, 1.807) is 0 Å². The number of hydrogen-bond acceptors (Lipinski definition) is 3. The zero-order valence-corrected chi connectivity index (χ0v) is 7.57. The van der Waals surface area contributed by atoms with E-state index in [1.807, 2.05) is 13.0 Å². The van der Waals surface area contributed by atoms with E-state index >= 15 is 0 Å². The van der Waals surface area contributed by atoms with Crippen LogP contribution in [0.25, 0.3) is 0 Å². The van der Waals surface area contributed by atoms with Gasteiger partial charge in [0.1, 0.15) is 0 Å². The summed E-state index contributed by atoms with van der Waals surface area (Å²) >= 11 is 0. The first-order valence-electron chi connectivity index (χ1n) is 4.34. The maximum Gasteiger partial charge on any atom is 0.0947 e. The van der Waals surface area contributed by atoms with Gasteiger partial charge in [0.2, 0.25) is 0 Å². The zero-order valence-electron chi connectivity index (χ0n) is 7.57. The number of aliphatic hydroxyl groups excluding tert-OH is 1. The molecule has 0 radical (unpaired) electrons. The standard InChI is InChI=1S/C9H17NO2/c1-3-8(4-2)7-9(10-12)5-6-11/h3,8-9,11H,1,4-7H2,2H3. The summed E-state index contributed by atoms with van der Waals surface area (Å²) in [5.74, 6) is 0.347. The van der Waals surface area contributed by atoms with Gasteiger partial charge in [-0.2, -0.15) is 4.91 Å². The van der Waals surface area contributed by atoms with Crippen molar-refractivity contribution >= 4 is 0 Å². The van der Waals surface area contributed by atoms with Crippen molar-refractivity contribution in [3.63, 3.8) is 0 Å². The predicted octanol–water partition coefficient (Wildman–Crippen LogP) is 2.11. The Morgan fingerprint density at radius 2 is 2.33 bits per heavy atom. The molecule has 0 aromatic heterocycles. The summed E-state index contributed by atoms with van der Waals surface area (Å²) in [7, 11) is 0. The number of hydrogen-bond donors (Lipinski definition) is 1. The molecule has 3 nitrogen and oxygen atoms in total. The number of allylic oxidation sites excluding steroid dienone is 1. The molecular weight excluding hydrogens is 154 g/mol. The first-order chi connectivity index (χ1) is 5.78. The smallest absolute Gasteiger partial charge is 0.0947 e. The summed E-state index contributed by atoms with van der Waals surface area (Å²) in [5, 5.41) is 11.6. The van der Waals surface area contributed by atoms with Crippen LogP contribution in [0.2, 0.25) is 0 Å². The van der Waals surface area contributed by atoms with Crippen molar-refractivity contribution in [1.29, 1.82) is 0 Å². The van der Waals surface area contributed by atoms with Crippen molar-refractivity contribution < 1.29 is 5.11 Å². The van der Waals surface area contributed by atoms with Crippen LogP contribution in [0, 0.1) is 10.8 Å². The van der Waals surface area contributed by atoms with Gasteiger partial charge in [0.25, 0.3) is 0 Å². The molecule has 0 aliphatic carbocycles. The average molecular weight is 171 g/mol. The van der Waals surface area contributed by atoms with Crippen LogP contribution >= 0.6 is 0 Å². The number of aliphatic hydroxyl groups is 1. The Bertz CT molecular complexity index is 136. The van der Waals surface area contributed by atoms with Crippen LogP contribution in [-0.2, 0) is 0 Å². The first kappa shape index (κ1) is 11.3. The average Bonchev–Trinajstić information content (AvgIpc) is 2.12. The molecule has 0 amide bonds. The van der Waals surface area contributed by atoms with Crippen molar-refractivity contribution in [2.45, 2.75) is 32.2 Å². The molecule has 2 unspecified atom stereocenters. The molecule has 0 bridgehead atoms. The molecule has 0 aliphatic rings. The molecule has 0 fully saturated rings. The molecule has 2 atom stereocenters. The van der Waals surface area contributed by atoms with Gasteiger partial charge in [-0.05, 0) is 25.2 Å². The highest BCUT2D eigenvalue weighted by Crippen LogP contribution is 2.15. The van der Waals surface area contributed by atoms with Crippen molar-refractivity contribution in [3.05, 3.63) is 17.6 Å². The summed E-state index contributed by atoms with van der Waals surface area (Å²) < 4.78 is 0.